The molecule has 6 heteroatoms. The van der Waals surface area contributed by atoms with Crippen LogP contribution in [0.2, 0.25) is 0 Å². The lowest BCUT2D eigenvalue weighted by atomic mass is 10.2. The van der Waals surface area contributed by atoms with Crippen LogP contribution in [0.5, 0.6) is 0 Å². The largest absolute Gasteiger partial charge is 0.354 e. The molecule has 1 atom stereocenters. The van der Waals surface area contributed by atoms with E-state index in [1.807, 2.05) is 13.8 Å². The van der Waals surface area contributed by atoms with Crippen LogP contribution in [0.3, 0.4) is 0 Å². The summed E-state index contributed by atoms with van der Waals surface area (Å²) >= 11 is 1.28. The Morgan fingerprint density at radius 2 is 2.05 bits per heavy atom. The number of rotatable bonds is 5. The Morgan fingerprint density at radius 1 is 1.33 bits per heavy atom. The summed E-state index contributed by atoms with van der Waals surface area (Å²) in [5.41, 5.74) is 5.30. The van der Waals surface area contributed by atoms with Crippen molar-refractivity contribution in [1.29, 1.82) is 0 Å². The summed E-state index contributed by atoms with van der Waals surface area (Å²) in [6.45, 7) is 6.57. The summed E-state index contributed by atoms with van der Waals surface area (Å²) in [4.78, 5) is 25.1. The van der Waals surface area contributed by atoms with Gasteiger partial charge in [0.2, 0.25) is 5.91 Å². The van der Waals surface area contributed by atoms with Crippen molar-refractivity contribution in [2.24, 2.45) is 11.7 Å². The highest BCUT2D eigenvalue weighted by Gasteiger charge is 2.17. The van der Waals surface area contributed by atoms with Crippen molar-refractivity contribution in [2.45, 2.75) is 26.8 Å². The van der Waals surface area contributed by atoms with Crippen LogP contribution < -0.4 is 16.4 Å². The molecule has 1 aromatic heterocycles. The third-order valence-corrected chi connectivity index (χ3v) is 3.57. The molecular weight excluding hydrogens is 286 g/mol. The monoisotopic (exact) mass is 307 g/mol. The third-order valence-electron chi connectivity index (χ3n) is 2.57. The van der Waals surface area contributed by atoms with Crippen LogP contribution in [0.4, 0.5) is 0 Å². The predicted octanol–water partition coefficient (Wildman–Crippen LogP) is 0.949. The number of hydrogen-bond acceptors (Lipinski definition) is 4. The molecule has 4 N–H and O–H groups in total. The second-order valence-corrected chi connectivity index (χ2v) is 6.09. The standard InChI is InChI=1S/C15H21N3O2S/c1-10(2)9-17-14(19)11(3)18-15(20)13-7-6-12(21-13)5-4-8-16/h6-7,10-11H,8-9,16H2,1-3H3,(H,17,19)(H,18,20). The van der Waals surface area contributed by atoms with E-state index < -0.39 is 6.04 Å². The SMILES string of the molecule is CC(C)CNC(=O)C(C)NC(=O)c1ccc(C#CCN)s1. The van der Waals surface area contributed by atoms with Gasteiger partial charge in [-0.2, -0.15) is 0 Å². The Balaban J connectivity index is 2.56. The number of carbonyl (C=O) groups excluding carboxylic acids is 2. The molecule has 114 valence electrons. The molecule has 0 saturated carbocycles. The number of carbonyl (C=O) groups is 2. The van der Waals surface area contributed by atoms with E-state index in [1.54, 1.807) is 19.1 Å². The molecule has 0 saturated heterocycles. The van der Waals surface area contributed by atoms with Crippen LogP contribution in [-0.2, 0) is 4.79 Å². The number of nitrogens with one attached hydrogen (secondary N) is 2. The highest BCUT2D eigenvalue weighted by atomic mass is 32.1. The fraction of sp³-hybridized carbons (Fsp3) is 0.467. The Hall–Kier alpha value is -1.84. The molecule has 21 heavy (non-hydrogen) atoms. The van der Waals surface area contributed by atoms with Gasteiger partial charge in [-0.05, 0) is 25.0 Å². The van der Waals surface area contributed by atoms with Crippen molar-refractivity contribution in [3.05, 3.63) is 21.9 Å². The van der Waals surface area contributed by atoms with Crippen molar-refractivity contribution in [1.82, 2.24) is 10.6 Å². The van der Waals surface area contributed by atoms with Gasteiger partial charge < -0.3 is 16.4 Å². The number of nitrogens with two attached hydrogens (primary N) is 1. The van der Waals surface area contributed by atoms with Crippen LogP contribution in [-0.4, -0.2) is 30.9 Å². The maximum atomic E-state index is 12.0. The van der Waals surface area contributed by atoms with Gasteiger partial charge in [-0.1, -0.05) is 25.7 Å². The van der Waals surface area contributed by atoms with Gasteiger partial charge in [0.25, 0.3) is 5.91 Å². The summed E-state index contributed by atoms with van der Waals surface area (Å²) in [5, 5.41) is 5.46. The van der Waals surface area contributed by atoms with Crippen molar-refractivity contribution in [3.63, 3.8) is 0 Å². The first-order valence-corrected chi connectivity index (χ1v) is 7.63. The molecule has 0 spiro atoms. The summed E-state index contributed by atoms with van der Waals surface area (Å²) in [7, 11) is 0. The molecule has 0 bridgehead atoms. The van der Waals surface area contributed by atoms with Gasteiger partial charge in [-0.3, -0.25) is 9.59 Å². The number of amides is 2. The Labute approximate surface area is 129 Å². The molecule has 1 rings (SSSR count). The van der Waals surface area contributed by atoms with Gasteiger partial charge in [-0.25, -0.2) is 0 Å². The molecule has 0 aliphatic carbocycles. The lowest BCUT2D eigenvalue weighted by molar-refractivity contribution is -0.122. The van der Waals surface area contributed by atoms with Crippen molar-refractivity contribution in [2.75, 3.05) is 13.1 Å². The quantitative estimate of drug-likeness (QED) is 0.708. The zero-order valence-corrected chi connectivity index (χ0v) is 13.3. The summed E-state index contributed by atoms with van der Waals surface area (Å²) in [5.74, 6) is 5.53. The van der Waals surface area contributed by atoms with E-state index >= 15 is 0 Å². The van der Waals surface area contributed by atoms with Crippen molar-refractivity contribution < 1.29 is 9.59 Å². The average Bonchev–Trinajstić information content (AvgIpc) is 2.91. The molecule has 1 heterocycles. The Bertz CT molecular complexity index is 555. The molecule has 5 nitrogen and oxygen atoms in total. The van der Waals surface area contributed by atoms with E-state index in [0.29, 0.717) is 17.3 Å². The Kier molecular flexibility index (Phi) is 6.92. The zero-order valence-electron chi connectivity index (χ0n) is 12.5. The molecule has 0 radical (unpaired) electrons. The summed E-state index contributed by atoms with van der Waals surface area (Å²) in [6.07, 6.45) is 0. The first-order chi connectivity index (χ1) is 9.93. The second-order valence-electron chi connectivity index (χ2n) is 5.00. The van der Waals surface area contributed by atoms with Gasteiger partial charge in [0.1, 0.15) is 6.04 Å². The average molecular weight is 307 g/mol. The summed E-state index contributed by atoms with van der Waals surface area (Å²) in [6, 6.07) is 2.89. The molecule has 0 aromatic carbocycles. The van der Waals surface area contributed by atoms with E-state index in [9.17, 15) is 9.59 Å². The smallest absolute Gasteiger partial charge is 0.262 e. The fourth-order valence-electron chi connectivity index (χ4n) is 1.46. The molecule has 0 aliphatic rings. The van der Waals surface area contributed by atoms with E-state index in [2.05, 4.69) is 22.5 Å². The van der Waals surface area contributed by atoms with E-state index in [0.717, 1.165) is 4.88 Å². The number of thiophene rings is 1. The van der Waals surface area contributed by atoms with Gasteiger partial charge in [-0.15, -0.1) is 11.3 Å². The predicted molar refractivity (Wildman–Crippen MR) is 85.0 cm³/mol. The topological polar surface area (TPSA) is 84.2 Å². The highest BCUT2D eigenvalue weighted by molar-refractivity contribution is 7.14. The number of hydrogen-bond donors (Lipinski definition) is 3. The van der Waals surface area contributed by atoms with Gasteiger partial charge >= 0.3 is 0 Å². The minimum absolute atomic E-state index is 0.184. The van der Waals surface area contributed by atoms with E-state index in [-0.39, 0.29) is 18.4 Å². The lowest BCUT2D eigenvalue weighted by Crippen LogP contribution is -2.45. The molecule has 1 aromatic rings. The molecule has 2 amide bonds. The van der Waals surface area contributed by atoms with Gasteiger partial charge in [0.05, 0.1) is 16.3 Å². The minimum Gasteiger partial charge on any atom is -0.354 e. The maximum Gasteiger partial charge on any atom is 0.262 e. The molecule has 1 unspecified atom stereocenters. The van der Waals surface area contributed by atoms with Crippen LogP contribution in [0.1, 0.15) is 35.3 Å². The maximum absolute atomic E-state index is 12.0. The third kappa shape index (κ3) is 5.98. The highest BCUT2D eigenvalue weighted by Crippen LogP contribution is 2.15. The van der Waals surface area contributed by atoms with Crippen LogP contribution in [0.15, 0.2) is 12.1 Å². The summed E-state index contributed by atoms with van der Waals surface area (Å²) < 4.78 is 0. The molecule has 0 aliphatic heterocycles. The molecular formula is C15H21N3O2S. The van der Waals surface area contributed by atoms with Crippen LogP contribution >= 0.6 is 11.3 Å². The van der Waals surface area contributed by atoms with Crippen LogP contribution in [0.25, 0.3) is 0 Å². The normalized spacial score (nSPS) is 11.5. The minimum atomic E-state index is -0.572. The van der Waals surface area contributed by atoms with Crippen molar-refractivity contribution >= 4 is 23.2 Å². The zero-order chi connectivity index (χ0) is 15.8. The first-order valence-electron chi connectivity index (χ1n) is 6.81. The fourth-order valence-corrected chi connectivity index (χ4v) is 2.24. The first kappa shape index (κ1) is 17.2. The van der Waals surface area contributed by atoms with E-state index in [1.165, 1.54) is 11.3 Å². The lowest BCUT2D eigenvalue weighted by Gasteiger charge is -2.14. The Morgan fingerprint density at radius 3 is 2.67 bits per heavy atom. The van der Waals surface area contributed by atoms with Gasteiger partial charge in [0.15, 0.2) is 0 Å². The van der Waals surface area contributed by atoms with Crippen LogP contribution in [0, 0.1) is 17.8 Å². The van der Waals surface area contributed by atoms with Crippen molar-refractivity contribution in [3.8, 4) is 11.8 Å². The van der Waals surface area contributed by atoms with E-state index in [4.69, 9.17) is 5.73 Å². The van der Waals surface area contributed by atoms with Gasteiger partial charge in [0, 0.05) is 6.54 Å². The molecule has 0 fully saturated rings. The second kappa shape index (κ2) is 8.45.